The van der Waals surface area contributed by atoms with Gasteiger partial charge in [-0.15, -0.1) is 37.2 Å². The van der Waals surface area contributed by atoms with Gasteiger partial charge in [0.05, 0.1) is 17.4 Å². The summed E-state index contributed by atoms with van der Waals surface area (Å²) in [5.41, 5.74) is 5.03. The fourth-order valence-electron chi connectivity index (χ4n) is 6.38. The molecule has 2 amide bonds. The van der Waals surface area contributed by atoms with Crippen LogP contribution in [0.15, 0.2) is 91.1 Å². The topological polar surface area (TPSA) is 60.5 Å². The van der Waals surface area contributed by atoms with Gasteiger partial charge in [0.25, 0.3) is 0 Å². The molecule has 6 rings (SSSR count). The molecule has 224 valence electrons. The molecule has 3 aromatic carbocycles. The number of anilines is 3. The van der Waals surface area contributed by atoms with Crippen LogP contribution >= 0.6 is 37.2 Å². The third-order valence-corrected chi connectivity index (χ3v) is 8.61. The third kappa shape index (κ3) is 7.30. The summed E-state index contributed by atoms with van der Waals surface area (Å²) in [6.45, 7) is 6.51. The lowest BCUT2D eigenvalue weighted by Gasteiger charge is -2.51. The van der Waals surface area contributed by atoms with Gasteiger partial charge in [0, 0.05) is 48.5 Å². The third-order valence-electron chi connectivity index (χ3n) is 8.61. The maximum atomic E-state index is 12.9. The minimum absolute atomic E-state index is 0. The number of piperazine rings is 1. The van der Waals surface area contributed by atoms with Crippen molar-refractivity contribution in [3.63, 3.8) is 0 Å². The summed E-state index contributed by atoms with van der Waals surface area (Å²) in [6, 6.07) is 28.9. The lowest BCUT2D eigenvalue weighted by molar-refractivity contribution is 0.0299. The zero-order chi connectivity index (χ0) is 26.7. The lowest BCUT2D eigenvalue weighted by Crippen LogP contribution is -2.56. The minimum Gasteiger partial charge on any atom is -0.369 e. The van der Waals surface area contributed by atoms with Crippen molar-refractivity contribution >= 4 is 71.2 Å². The van der Waals surface area contributed by atoms with Crippen molar-refractivity contribution in [2.24, 2.45) is 5.92 Å². The Morgan fingerprint density at radius 3 is 2.19 bits per heavy atom. The number of hydrogen-bond donors (Lipinski definition) is 2. The predicted molar refractivity (Wildman–Crippen MR) is 182 cm³/mol. The molecule has 0 atom stereocenters. The van der Waals surface area contributed by atoms with Crippen LogP contribution in [-0.2, 0) is 5.54 Å². The monoisotopic (exact) mass is 627 g/mol. The summed E-state index contributed by atoms with van der Waals surface area (Å²) in [4.78, 5) is 22.6. The second-order valence-electron chi connectivity index (χ2n) is 11.1. The van der Waals surface area contributed by atoms with Crippen molar-refractivity contribution in [1.29, 1.82) is 0 Å². The zero-order valence-corrected chi connectivity index (χ0v) is 26.3. The van der Waals surface area contributed by atoms with E-state index in [2.05, 4.69) is 80.9 Å². The number of para-hydroxylation sites is 2. The first-order valence-corrected chi connectivity index (χ1v) is 14.2. The second kappa shape index (κ2) is 14.9. The van der Waals surface area contributed by atoms with Crippen LogP contribution in [0, 0.1) is 5.92 Å². The van der Waals surface area contributed by atoms with Crippen LogP contribution in [0.1, 0.15) is 38.2 Å². The highest BCUT2D eigenvalue weighted by molar-refractivity contribution is 6.00. The van der Waals surface area contributed by atoms with Crippen molar-refractivity contribution in [1.82, 2.24) is 9.88 Å². The van der Waals surface area contributed by atoms with E-state index in [4.69, 9.17) is 0 Å². The number of pyridine rings is 1. The van der Waals surface area contributed by atoms with Gasteiger partial charge in [-0.25, -0.2) is 4.79 Å². The van der Waals surface area contributed by atoms with E-state index in [0.29, 0.717) is 5.69 Å². The Bertz CT molecular complexity index is 1440. The number of halogens is 3. The maximum Gasteiger partial charge on any atom is 0.323 e. The number of urea groups is 1. The molecule has 2 heterocycles. The number of hydrogen-bond acceptors (Lipinski definition) is 4. The highest BCUT2D eigenvalue weighted by Gasteiger charge is 2.42. The number of aromatic nitrogens is 1. The molecule has 2 N–H and O–H groups in total. The second-order valence-corrected chi connectivity index (χ2v) is 11.1. The summed E-state index contributed by atoms with van der Waals surface area (Å²) in [5, 5.41) is 7.02. The molecular formula is C33H40Cl3N5O. The standard InChI is InChI=1S/C33H37N5O.3ClH/c1-25-14-16-33(17-15-25,38-20-18-37(19-21-38)30-11-3-2-4-12-30)27-9-7-10-28(23-27)35-32(39)36-29-22-26-8-5-6-13-31(26)34-24-29;;;/h2-13,22-25H,14-21H2,1H3,(H2,35,36,39);3*1H. The molecule has 0 unspecified atom stereocenters. The van der Waals surface area contributed by atoms with Gasteiger partial charge >= 0.3 is 6.03 Å². The molecule has 1 saturated carbocycles. The van der Waals surface area contributed by atoms with E-state index >= 15 is 0 Å². The average molecular weight is 629 g/mol. The maximum absolute atomic E-state index is 12.9. The summed E-state index contributed by atoms with van der Waals surface area (Å²) >= 11 is 0. The molecule has 0 radical (unpaired) electrons. The number of rotatable bonds is 5. The van der Waals surface area contributed by atoms with E-state index in [9.17, 15) is 4.79 Å². The van der Waals surface area contributed by atoms with Crippen molar-refractivity contribution in [2.75, 3.05) is 41.7 Å². The Kier molecular flexibility index (Phi) is 11.9. The van der Waals surface area contributed by atoms with Crippen molar-refractivity contribution in [2.45, 2.75) is 38.1 Å². The Labute approximate surface area is 267 Å². The molecule has 1 aromatic heterocycles. The number of fused-ring (bicyclic) bond motifs is 1. The molecule has 1 aliphatic heterocycles. The number of benzene rings is 3. The SMILES string of the molecule is CC1CCC(c2cccc(NC(=O)Nc3cnc4ccccc4c3)c2)(N2CCN(c3ccccc3)CC2)CC1.Cl.Cl.Cl. The molecule has 4 aromatic rings. The van der Waals surface area contributed by atoms with Gasteiger partial charge in [-0.05, 0) is 73.6 Å². The van der Waals surface area contributed by atoms with E-state index in [-0.39, 0.29) is 48.8 Å². The van der Waals surface area contributed by atoms with Crippen LogP contribution in [0.3, 0.4) is 0 Å². The van der Waals surface area contributed by atoms with Crippen LogP contribution in [0.5, 0.6) is 0 Å². The number of nitrogens with one attached hydrogen (secondary N) is 2. The fourth-order valence-corrected chi connectivity index (χ4v) is 6.38. The van der Waals surface area contributed by atoms with Gasteiger partial charge < -0.3 is 15.5 Å². The number of carbonyl (C=O) groups excluding carboxylic acids is 1. The Balaban J connectivity index is 0.00000161. The first-order valence-electron chi connectivity index (χ1n) is 14.2. The van der Waals surface area contributed by atoms with Gasteiger partial charge in [0.2, 0.25) is 0 Å². The molecule has 1 aliphatic carbocycles. The number of carbonyl (C=O) groups is 1. The Morgan fingerprint density at radius 2 is 1.45 bits per heavy atom. The zero-order valence-electron chi connectivity index (χ0n) is 23.9. The van der Waals surface area contributed by atoms with Gasteiger partial charge in [-0.3, -0.25) is 9.88 Å². The molecule has 2 fully saturated rings. The Morgan fingerprint density at radius 1 is 0.786 bits per heavy atom. The van der Waals surface area contributed by atoms with Crippen LogP contribution in [0.4, 0.5) is 21.9 Å². The smallest absolute Gasteiger partial charge is 0.323 e. The summed E-state index contributed by atoms with van der Waals surface area (Å²) in [6.07, 6.45) is 6.46. The van der Waals surface area contributed by atoms with E-state index in [0.717, 1.165) is 61.5 Å². The molecule has 9 heteroatoms. The van der Waals surface area contributed by atoms with E-state index in [1.54, 1.807) is 6.20 Å². The van der Waals surface area contributed by atoms with Crippen molar-refractivity contribution in [3.05, 3.63) is 96.7 Å². The summed E-state index contributed by atoms with van der Waals surface area (Å²) in [7, 11) is 0. The van der Waals surface area contributed by atoms with Crippen molar-refractivity contribution in [3.8, 4) is 0 Å². The van der Waals surface area contributed by atoms with E-state index in [1.165, 1.54) is 24.1 Å². The summed E-state index contributed by atoms with van der Waals surface area (Å²) in [5.74, 6) is 0.756. The predicted octanol–water partition coefficient (Wildman–Crippen LogP) is 8.37. The van der Waals surface area contributed by atoms with Crippen LogP contribution in [-0.4, -0.2) is 42.1 Å². The first kappa shape index (κ1) is 33.5. The quantitative estimate of drug-likeness (QED) is 0.233. The molecular weight excluding hydrogens is 589 g/mol. The molecule has 6 nitrogen and oxygen atoms in total. The molecule has 2 aliphatic rings. The highest BCUT2D eigenvalue weighted by Crippen LogP contribution is 2.45. The fraction of sp³-hybridized carbons (Fsp3) is 0.333. The van der Waals surface area contributed by atoms with Gasteiger partial charge in [-0.1, -0.05) is 55.5 Å². The largest absolute Gasteiger partial charge is 0.369 e. The first-order chi connectivity index (χ1) is 19.1. The van der Waals surface area contributed by atoms with Crippen LogP contribution in [0.25, 0.3) is 10.9 Å². The van der Waals surface area contributed by atoms with Crippen LogP contribution < -0.4 is 15.5 Å². The van der Waals surface area contributed by atoms with Gasteiger partial charge in [-0.2, -0.15) is 0 Å². The summed E-state index contributed by atoms with van der Waals surface area (Å²) < 4.78 is 0. The average Bonchev–Trinajstić information content (AvgIpc) is 2.98. The van der Waals surface area contributed by atoms with Gasteiger partial charge in [0.15, 0.2) is 0 Å². The van der Waals surface area contributed by atoms with E-state index < -0.39 is 0 Å². The molecule has 42 heavy (non-hydrogen) atoms. The molecule has 0 bridgehead atoms. The van der Waals surface area contributed by atoms with Crippen LogP contribution in [0.2, 0.25) is 0 Å². The number of nitrogens with zero attached hydrogens (tertiary/aromatic N) is 3. The van der Waals surface area contributed by atoms with Gasteiger partial charge in [0.1, 0.15) is 0 Å². The highest BCUT2D eigenvalue weighted by atomic mass is 35.5. The van der Waals surface area contributed by atoms with E-state index in [1.807, 2.05) is 36.4 Å². The number of amides is 2. The molecule has 0 spiro atoms. The Hall–Kier alpha value is -3.03. The minimum atomic E-state index is -0.257. The molecule has 1 saturated heterocycles. The normalized spacial score (nSPS) is 20.4. The van der Waals surface area contributed by atoms with Crippen molar-refractivity contribution < 1.29 is 4.79 Å². The lowest BCUT2D eigenvalue weighted by atomic mass is 9.71.